The Hall–Kier alpha value is -3.61. The van der Waals surface area contributed by atoms with Gasteiger partial charge in [-0.2, -0.15) is 0 Å². The summed E-state index contributed by atoms with van der Waals surface area (Å²) in [4.78, 5) is 21.3. The molecule has 4 rings (SSSR count). The summed E-state index contributed by atoms with van der Waals surface area (Å²) in [6.07, 6.45) is 0.851. The lowest BCUT2D eigenvalue weighted by Crippen LogP contribution is -2.24. The Labute approximate surface area is 169 Å². The summed E-state index contributed by atoms with van der Waals surface area (Å²) in [5, 5.41) is 6.09. The number of carbonyl (C=O) groups is 1. The fourth-order valence-electron chi connectivity index (χ4n) is 3.05. The molecule has 0 bridgehead atoms. The summed E-state index contributed by atoms with van der Waals surface area (Å²) < 4.78 is 10.7. The molecule has 0 unspecified atom stereocenters. The quantitative estimate of drug-likeness (QED) is 0.645. The van der Waals surface area contributed by atoms with Crippen molar-refractivity contribution in [1.29, 1.82) is 0 Å². The minimum Gasteiger partial charge on any atom is -0.454 e. The molecule has 2 N–H and O–H groups in total. The van der Waals surface area contributed by atoms with Gasteiger partial charge in [-0.25, -0.2) is 9.97 Å². The van der Waals surface area contributed by atoms with Gasteiger partial charge in [0.15, 0.2) is 11.5 Å². The molecule has 1 amide bonds. The predicted octanol–water partition coefficient (Wildman–Crippen LogP) is 3.10. The number of benzene rings is 2. The zero-order valence-electron chi connectivity index (χ0n) is 16.1. The van der Waals surface area contributed by atoms with Crippen molar-refractivity contribution >= 4 is 11.9 Å². The third-order valence-electron chi connectivity index (χ3n) is 4.52. The van der Waals surface area contributed by atoms with Crippen LogP contribution in [0.25, 0.3) is 0 Å². The molecule has 0 aliphatic carbocycles. The van der Waals surface area contributed by atoms with Crippen molar-refractivity contribution in [3.8, 4) is 11.5 Å². The number of carbonyl (C=O) groups excluding carboxylic acids is 1. The highest BCUT2D eigenvalue weighted by atomic mass is 16.7. The number of hydrogen-bond donors (Lipinski definition) is 2. The first kappa shape index (κ1) is 18.7. The number of rotatable bonds is 7. The maximum atomic E-state index is 12.6. The molecule has 7 nitrogen and oxygen atoms in total. The van der Waals surface area contributed by atoms with Crippen molar-refractivity contribution in [2.45, 2.75) is 19.9 Å². The first-order chi connectivity index (χ1) is 14.2. The molecule has 29 heavy (non-hydrogen) atoms. The van der Waals surface area contributed by atoms with E-state index in [0.717, 1.165) is 23.4 Å². The number of anilines is 1. The van der Waals surface area contributed by atoms with Crippen LogP contribution in [0.5, 0.6) is 11.5 Å². The van der Waals surface area contributed by atoms with Gasteiger partial charge in [-0.05, 0) is 42.7 Å². The van der Waals surface area contributed by atoms with E-state index in [1.165, 1.54) is 5.56 Å². The van der Waals surface area contributed by atoms with E-state index >= 15 is 0 Å². The first-order valence-electron chi connectivity index (χ1n) is 9.47. The van der Waals surface area contributed by atoms with Crippen LogP contribution in [0.1, 0.15) is 27.3 Å². The van der Waals surface area contributed by atoms with Gasteiger partial charge in [-0.3, -0.25) is 4.79 Å². The summed E-state index contributed by atoms with van der Waals surface area (Å²) >= 11 is 0. The molecule has 0 spiro atoms. The Balaban J connectivity index is 1.35. The van der Waals surface area contributed by atoms with Crippen LogP contribution < -0.4 is 20.1 Å². The maximum absolute atomic E-state index is 12.6. The van der Waals surface area contributed by atoms with Crippen molar-refractivity contribution in [3.05, 3.63) is 77.1 Å². The summed E-state index contributed by atoms with van der Waals surface area (Å²) in [5.74, 6) is 1.62. The van der Waals surface area contributed by atoms with Gasteiger partial charge in [-0.15, -0.1) is 0 Å². The van der Waals surface area contributed by atoms with Crippen LogP contribution in [0.15, 0.2) is 54.6 Å². The van der Waals surface area contributed by atoms with Crippen LogP contribution in [-0.2, 0) is 13.0 Å². The average Bonchev–Trinajstić information content (AvgIpc) is 3.20. The van der Waals surface area contributed by atoms with E-state index in [2.05, 4.69) is 32.7 Å². The number of amides is 1. The molecular weight excluding hydrogens is 368 g/mol. The molecule has 0 saturated heterocycles. The van der Waals surface area contributed by atoms with Crippen molar-refractivity contribution in [2.24, 2.45) is 0 Å². The van der Waals surface area contributed by atoms with Gasteiger partial charge in [0.05, 0.1) is 0 Å². The van der Waals surface area contributed by atoms with Gasteiger partial charge in [0, 0.05) is 18.8 Å². The van der Waals surface area contributed by atoms with Crippen molar-refractivity contribution < 1.29 is 14.3 Å². The van der Waals surface area contributed by atoms with Gasteiger partial charge >= 0.3 is 0 Å². The number of ether oxygens (including phenoxy) is 2. The van der Waals surface area contributed by atoms with Crippen LogP contribution in [0.3, 0.4) is 0 Å². The van der Waals surface area contributed by atoms with Crippen molar-refractivity contribution in [1.82, 2.24) is 15.3 Å². The minimum atomic E-state index is -0.251. The summed E-state index contributed by atoms with van der Waals surface area (Å²) in [6, 6.07) is 17.5. The SMILES string of the molecule is Cc1cc(C(=O)NCc2ccc3c(c2)OCO3)nc(NCCc2ccccc2)n1. The van der Waals surface area contributed by atoms with E-state index in [1.807, 2.05) is 43.3 Å². The van der Waals surface area contributed by atoms with Gasteiger partial charge in [0.25, 0.3) is 5.91 Å². The highest BCUT2D eigenvalue weighted by molar-refractivity contribution is 5.92. The second kappa shape index (κ2) is 8.60. The van der Waals surface area contributed by atoms with Crippen LogP contribution in [-0.4, -0.2) is 29.2 Å². The maximum Gasteiger partial charge on any atom is 0.270 e. The number of nitrogens with zero attached hydrogens (tertiary/aromatic N) is 2. The standard InChI is InChI=1S/C22H22N4O3/c1-15-11-18(26-22(25-15)23-10-9-16-5-3-2-4-6-16)21(27)24-13-17-7-8-19-20(12-17)29-14-28-19/h2-8,11-12H,9-10,13-14H2,1H3,(H,24,27)(H,23,25,26). The Bertz CT molecular complexity index is 1010. The minimum absolute atomic E-state index is 0.228. The molecule has 0 radical (unpaired) electrons. The van der Waals surface area contributed by atoms with E-state index < -0.39 is 0 Å². The Morgan fingerprint density at radius 3 is 2.69 bits per heavy atom. The number of fused-ring (bicyclic) bond motifs is 1. The molecule has 0 fully saturated rings. The van der Waals surface area contributed by atoms with Gasteiger partial charge < -0.3 is 20.1 Å². The average molecular weight is 390 g/mol. The van der Waals surface area contributed by atoms with Gasteiger partial charge in [0.2, 0.25) is 12.7 Å². The predicted molar refractivity (Wildman–Crippen MR) is 109 cm³/mol. The van der Waals surface area contributed by atoms with E-state index in [-0.39, 0.29) is 12.7 Å². The highest BCUT2D eigenvalue weighted by Crippen LogP contribution is 2.32. The molecule has 7 heteroatoms. The summed E-state index contributed by atoms with van der Waals surface area (Å²) in [6.45, 7) is 3.13. The van der Waals surface area contributed by atoms with Crippen molar-refractivity contribution in [3.63, 3.8) is 0 Å². The van der Waals surface area contributed by atoms with E-state index in [4.69, 9.17) is 9.47 Å². The number of aryl methyl sites for hydroxylation is 1. The smallest absolute Gasteiger partial charge is 0.270 e. The highest BCUT2D eigenvalue weighted by Gasteiger charge is 2.14. The molecule has 1 aromatic heterocycles. The molecule has 148 valence electrons. The van der Waals surface area contributed by atoms with Gasteiger partial charge in [0.1, 0.15) is 5.69 Å². The molecule has 1 aliphatic heterocycles. The Kier molecular flexibility index (Phi) is 5.56. The van der Waals surface area contributed by atoms with Gasteiger partial charge in [-0.1, -0.05) is 36.4 Å². The normalized spacial score (nSPS) is 11.9. The molecule has 0 saturated carbocycles. The number of aromatic nitrogens is 2. The topological polar surface area (TPSA) is 85.4 Å². The van der Waals surface area contributed by atoms with E-state index in [0.29, 0.717) is 30.5 Å². The number of nitrogens with one attached hydrogen (secondary N) is 2. The van der Waals surface area contributed by atoms with Crippen LogP contribution >= 0.6 is 0 Å². The lowest BCUT2D eigenvalue weighted by Gasteiger charge is -2.09. The number of hydrogen-bond acceptors (Lipinski definition) is 6. The molecule has 2 aromatic carbocycles. The summed E-state index contributed by atoms with van der Waals surface area (Å²) in [5.41, 5.74) is 3.22. The lowest BCUT2D eigenvalue weighted by molar-refractivity contribution is 0.0945. The summed E-state index contributed by atoms with van der Waals surface area (Å²) in [7, 11) is 0. The molecule has 0 atom stereocenters. The fourth-order valence-corrected chi connectivity index (χ4v) is 3.05. The molecule has 3 aromatic rings. The molecule has 1 aliphatic rings. The monoisotopic (exact) mass is 390 g/mol. The van der Waals surface area contributed by atoms with Crippen LogP contribution in [0, 0.1) is 6.92 Å². The largest absolute Gasteiger partial charge is 0.454 e. The van der Waals surface area contributed by atoms with Crippen LogP contribution in [0.2, 0.25) is 0 Å². The fraction of sp³-hybridized carbons (Fsp3) is 0.227. The zero-order valence-corrected chi connectivity index (χ0v) is 16.1. The molecular formula is C22H22N4O3. The van der Waals surface area contributed by atoms with Crippen molar-refractivity contribution in [2.75, 3.05) is 18.7 Å². The van der Waals surface area contributed by atoms with E-state index in [1.54, 1.807) is 6.07 Å². The zero-order chi connectivity index (χ0) is 20.1. The second-order valence-electron chi connectivity index (χ2n) is 6.75. The first-order valence-corrected chi connectivity index (χ1v) is 9.47. The Morgan fingerprint density at radius 2 is 1.83 bits per heavy atom. The van der Waals surface area contributed by atoms with Crippen LogP contribution in [0.4, 0.5) is 5.95 Å². The third-order valence-corrected chi connectivity index (χ3v) is 4.52. The lowest BCUT2D eigenvalue weighted by atomic mass is 10.1. The Morgan fingerprint density at radius 1 is 1.00 bits per heavy atom. The van der Waals surface area contributed by atoms with E-state index in [9.17, 15) is 4.79 Å². The molecule has 2 heterocycles. The second-order valence-corrected chi connectivity index (χ2v) is 6.75. The third kappa shape index (κ3) is 4.82.